The van der Waals surface area contributed by atoms with E-state index in [0.717, 1.165) is 0 Å². The first-order valence-corrected chi connectivity index (χ1v) is 6.83. The van der Waals surface area contributed by atoms with Crippen LogP contribution in [-0.2, 0) is 11.3 Å². The van der Waals surface area contributed by atoms with E-state index in [1.807, 2.05) is 0 Å². The molecule has 0 unspecified atom stereocenters. The van der Waals surface area contributed by atoms with Crippen LogP contribution in [0, 0.1) is 0 Å². The Morgan fingerprint density at radius 3 is 2.74 bits per heavy atom. The molecule has 0 aliphatic heterocycles. The lowest BCUT2D eigenvalue weighted by Crippen LogP contribution is -2.40. The Labute approximate surface area is 134 Å². The van der Waals surface area contributed by atoms with Crippen LogP contribution in [0.2, 0.25) is 5.15 Å². The van der Waals surface area contributed by atoms with Crippen molar-refractivity contribution in [3.05, 3.63) is 47.6 Å². The number of halogens is 4. The Hall–Kier alpha value is -2.22. The predicted octanol–water partition coefficient (Wildman–Crippen LogP) is 3.30. The summed E-state index contributed by atoms with van der Waals surface area (Å²) in [6.07, 6.45) is -1.80. The van der Waals surface area contributed by atoms with Crippen molar-refractivity contribution in [2.75, 3.05) is 13.2 Å². The zero-order valence-corrected chi connectivity index (χ0v) is 12.5. The second-order valence-corrected chi connectivity index (χ2v) is 4.88. The number of carbonyl (C=O) groups is 1. The van der Waals surface area contributed by atoms with Crippen LogP contribution < -0.4 is 4.74 Å². The topological polar surface area (TPSA) is 55.6 Å². The van der Waals surface area contributed by atoms with E-state index in [4.69, 9.17) is 20.8 Å². The quantitative estimate of drug-likeness (QED) is 0.752. The SMILES string of the molecule is O=C(COc1cccnc1Cl)N(Cc1ccco1)CC(F)(F)F. The molecule has 9 heteroatoms. The highest BCUT2D eigenvalue weighted by Crippen LogP contribution is 2.21. The molecule has 0 saturated carbocycles. The third-order valence-electron chi connectivity index (χ3n) is 2.73. The molecule has 2 aromatic heterocycles. The van der Waals surface area contributed by atoms with E-state index in [1.165, 1.54) is 36.7 Å². The number of carbonyl (C=O) groups excluding carboxylic acids is 1. The summed E-state index contributed by atoms with van der Waals surface area (Å²) in [5.74, 6) is -0.492. The van der Waals surface area contributed by atoms with Crippen LogP contribution in [0.4, 0.5) is 13.2 Å². The molecule has 124 valence electrons. The molecule has 0 aliphatic carbocycles. The first-order valence-electron chi connectivity index (χ1n) is 6.45. The summed E-state index contributed by atoms with van der Waals surface area (Å²) in [5, 5.41) is 0.0219. The van der Waals surface area contributed by atoms with Gasteiger partial charge in [0.2, 0.25) is 0 Å². The van der Waals surface area contributed by atoms with E-state index in [9.17, 15) is 18.0 Å². The smallest absolute Gasteiger partial charge is 0.406 e. The maximum absolute atomic E-state index is 12.6. The minimum Gasteiger partial charge on any atom is -0.481 e. The van der Waals surface area contributed by atoms with Gasteiger partial charge in [0.25, 0.3) is 5.91 Å². The number of nitrogens with zero attached hydrogens (tertiary/aromatic N) is 2. The average Bonchev–Trinajstić information content (AvgIpc) is 2.97. The van der Waals surface area contributed by atoms with Crippen LogP contribution >= 0.6 is 11.6 Å². The number of hydrogen-bond donors (Lipinski definition) is 0. The monoisotopic (exact) mass is 348 g/mol. The van der Waals surface area contributed by atoms with E-state index in [2.05, 4.69) is 4.98 Å². The van der Waals surface area contributed by atoms with Crippen molar-refractivity contribution in [1.82, 2.24) is 9.88 Å². The highest BCUT2D eigenvalue weighted by atomic mass is 35.5. The Balaban J connectivity index is 2.02. The molecule has 0 atom stereocenters. The van der Waals surface area contributed by atoms with Gasteiger partial charge in [-0.3, -0.25) is 4.79 Å². The standard InChI is InChI=1S/C14H12ClF3N2O3/c15-13-11(4-1-5-19-13)23-8-12(21)20(9-14(16,17)18)7-10-3-2-6-22-10/h1-6H,7-9H2. The van der Waals surface area contributed by atoms with Gasteiger partial charge in [-0.15, -0.1) is 0 Å². The van der Waals surface area contributed by atoms with E-state index in [-0.39, 0.29) is 23.2 Å². The third kappa shape index (κ3) is 5.48. The molecule has 0 bridgehead atoms. The number of alkyl halides is 3. The highest BCUT2D eigenvalue weighted by molar-refractivity contribution is 6.30. The number of furan rings is 1. The van der Waals surface area contributed by atoms with E-state index in [1.54, 1.807) is 0 Å². The Kier molecular flexibility index (Phi) is 5.49. The zero-order chi connectivity index (χ0) is 16.9. The van der Waals surface area contributed by atoms with Gasteiger partial charge in [-0.05, 0) is 24.3 Å². The number of aromatic nitrogens is 1. The molecule has 23 heavy (non-hydrogen) atoms. The summed E-state index contributed by atoms with van der Waals surface area (Å²) in [6.45, 7) is -2.31. The lowest BCUT2D eigenvalue weighted by atomic mass is 10.3. The van der Waals surface area contributed by atoms with Crippen LogP contribution in [0.15, 0.2) is 41.1 Å². The number of hydrogen-bond acceptors (Lipinski definition) is 4. The van der Waals surface area contributed by atoms with Crippen molar-refractivity contribution in [2.24, 2.45) is 0 Å². The fraction of sp³-hybridized carbons (Fsp3) is 0.286. The zero-order valence-electron chi connectivity index (χ0n) is 11.7. The predicted molar refractivity (Wildman–Crippen MR) is 74.9 cm³/mol. The maximum Gasteiger partial charge on any atom is 0.406 e. The van der Waals surface area contributed by atoms with E-state index in [0.29, 0.717) is 4.90 Å². The fourth-order valence-electron chi connectivity index (χ4n) is 1.75. The molecular weight excluding hydrogens is 337 g/mol. The van der Waals surface area contributed by atoms with Gasteiger partial charge in [-0.2, -0.15) is 13.2 Å². The molecule has 2 rings (SSSR count). The summed E-state index contributed by atoms with van der Waals surface area (Å²) in [4.78, 5) is 16.4. The van der Waals surface area contributed by atoms with Crippen LogP contribution in [0.5, 0.6) is 5.75 Å². The van der Waals surface area contributed by atoms with Crippen molar-refractivity contribution < 1.29 is 27.1 Å². The van der Waals surface area contributed by atoms with Gasteiger partial charge in [0, 0.05) is 6.20 Å². The molecular formula is C14H12ClF3N2O3. The van der Waals surface area contributed by atoms with Crippen molar-refractivity contribution >= 4 is 17.5 Å². The second-order valence-electron chi connectivity index (χ2n) is 4.53. The molecule has 0 fully saturated rings. The fourth-order valence-corrected chi connectivity index (χ4v) is 1.92. The van der Waals surface area contributed by atoms with Gasteiger partial charge in [0.05, 0.1) is 12.8 Å². The van der Waals surface area contributed by atoms with Gasteiger partial charge in [0.15, 0.2) is 17.5 Å². The van der Waals surface area contributed by atoms with Crippen LogP contribution in [-0.4, -0.2) is 35.1 Å². The summed E-state index contributed by atoms with van der Waals surface area (Å²) in [7, 11) is 0. The Morgan fingerprint density at radius 1 is 1.35 bits per heavy atom. The van der Waals surface area contributed by atoms with Crippen LogP contribution in [0.3, 0.4) is 0 Å². The summed E-state index contributed by atoms with van der Waals surface area (Å²) in [5.41, 5.74) is 0. The Morgan fingerprint density at radius 2 is 2.13 bits per heavy atom. The molecule has 0 spiro atoms. The second kappa shape index (κ2) is 7.36. The van der Waals surface area contributed by atoms with Crippen molar-refractivity contribution in [2.45, 2.75) is 12.7 Å². The van der Waals surface area contributed by atoms with Gasteiger partial charge >= 0.3 is 6.18 Å². The van der Waals surface area contributed by atoms with Crippen LogP contribution in [0.1, 0.15) is 5.76 Å². The molecule has 0 N–H and O–H groups in total. The first kappa shape index (κ1) is 17.1. The van der Waals surface area contributed by atoms with E-state index < -0.39 is 25.2 Å². The van der Waals surface area contributed by atoms with Gasteiger partial charge in [0.1, 0.15) is 12.3 Å². The highest BCUT2D eigenvalue weighted by Gasteiger charge is 2.33. The molecule has 0 radical (unpaired) electrons. The first-order chi connectivity index (χ1) is 10.8. The lowest BCUT2D eigenvalue weighted by Gasteiger charge is -2.23. The number of rotatable bonds is 6. The maximum atomic E-state index is 12.6. The third-order valence-corrected chi connectivity index (χ3v) is 3.01. The molecule has 2 aromatic rings. The normalized spacial score (nSPS) is 11.3. The van der Waals surface area contributed by atoms with E-state index >= 15 is 0 Å². The van der Waals surface area contributed by atoms with Gasteiger partial charge < -0.3 is 14.1 Å². The van der Waals surface area contributed by atoms with Gasteiger partial charge in [-0.25, -0.2) is 4.98 Å². The van der Waals surface area contributed by atoms with Crippen molar-refractivity contribution in [3.63, 3.8) is 0 Å². The van der Waals surface area contributed by atoms with Crippen molar-refractivity contribution in [1.29, 1.82) is 0 Å². The summed E-state index contributed by atoms with van der Waals surface area (Å²) in [6, 6.07) is 6.00. The molecule has 0 saturated heterocycles. The number of ether oxygens (including phenoxy) is 1. The van der Waals surface area contributed by atoms with Crippen LogP contribution in [0.25, 0.3) is 0 Å². The minimum atomic E-state index is -4.53. The summed E-state index contributed by atoms with van der Waals surface area (Å²) < 4.78 is 48.0. The molecule has 0 aromatic carbocycles. The largest absolute Gasteiger partial charge is 0.481 e. The number of amides is 1. The average molecular weight is 349 g/mol. The van der Waals surface area contributed by atoms with Crippen molar-refractivity contribution in [3.8, 4) is 5.75 Å². The van der Waals surface area contributed by atoms with Gasteiger partial charge in [-0.1, -0.05) is 11.6 Å². The molecule has 2 heterocycles. The summed E-state index contributed by atoms with van der Waals surface area (Å²) >= 11 is 5.75. The Bertz CT molecular complexity index is 647. The number of pyridine rings is 1. The molecule has 1 amide bonds. The lowest BCUT2D eigenvalue weighted by molar-refractivity contribution is -0.164. The minimum absolute atomic E-state index is 0.0219. The molecule has 5 nitrogen and oxygen atoms in total. The molecule has 0 aliphatic rings.